The lowest BCUT2D eigenvalue weighted by Gasteiger charge is -2.20. The molecule has 0 spiro atoms. The van der Waals surface area contributed by atoms with Crippen LogP contribution in [0.5, 0.6) is 0 Å². The molecule has 0 saturated heterocycles. The van der Waals surface area contributed by atoms with E-state index in [9.17, 15) is 9.18 Å². The molecule has 6 heteroatoms. The summed E-state index contributed by atoms with van der Waals surface area (Å²) in [5.74, 6) is -0.655. The predicted molar refractivity (Wildman–Crippen MR) is 71.0 cm³/mol. The number of rotatable bonds is 4. The highest BCUT2D eigenvalue weighted by molar-refractivity contribution is 7.22. The highest BCUT2D eigenvalue weighted by Crippen LogP contribution is 2.27. The van der Waals surface area contributed by atoms with Crippen LogP contribution in [0.1, 0.15) is 13.8 Å². The van der Waals surface area contributed by atoms with Gasteiger partial charge in [0, 0.05) is 6.54 Å². The van der Waals surface area contributed by atoms with Crippen molar-refractivity contribution >= 4 is 32.6 Å². The maximum Gasteiger partial charge on any atom is 0.224 e. The monoisotopic (exact) mass is 267 g/mol. The van der Waals surface area contributed by atoms with Crippen molar-refractivity contribution in [3.63, 3.8) is 0 Å². The number of anilines is 1. The number of carbonyl (C=O) groups is 1. The number of amides is 1. The highest BCUT2D eigenvalue weighted by Gasteiger charge is 2.24. The number of benzene rings is 1. The standard InChI is InChI=1S/C12H14FN3OS/c1-12(2,10(14)17)6-15-11-16-8-4-3-7(13)5-9(8)18-11/h3-5H,6H2,1-2H3,(H2,14,17)(H,15,16). The lowest BCUT2D eigenvalue weighted by Crippen LogP contribution is -2.37. The minimum atomic E-state index is -0.650. The van der Waals surface area contributed by atoms with Gasteiger partial charge in [0.1, 0.15) is 5.82 Å². The Labute approximate surface area is 108 Å². The molecule has 1 aromatic carbocycles. The molecule has 0 aliphatic carbocycles. The second kappa shape index (κ2) is 4.53. The molecule has 0 atom stereocenters. The lowest BCUT2D eigenvalue weighted by molar-refractivity contribution is -0.125. The van der Waals surface area contributed by atoms with Gasteiger partial charge in [0.2, 0.25) is 5.91 Å². The number of primary amides is 1. The Morgan fingerprint density at radius 2 is 2.28 bits per heavy atom. The van der Waals surface area contributed by atoms with E-state index in [0.29, 0.717) is 11.7 Å². The molecule has 0 aliphatic rings. The van der Waals surface area contributed by atoms with Crippen LogP contribution in [-0.2, 0) is 4.79 Å². The molecule has 1 aromatic heterocycles. The second-order valence-electron chi connectivity index (χ2n) is 4.73. The molecular formula is C12H14FN3OS. The quantitative estimate of drug-likeness (QED) is 0.893. The number of fused-ring (bicyclic) bond motifs is 1. The maximum absolute atomic E-state index is 13.0. The number of hydrogen-bond donors (Lipinski definition) is 2. The molecule has 3 N–H and O–H groups in total. The third kappa shape index (κ3) is 2.59. The summed E-state index contributed by atoms with van der Waals surface area (Å²) in [6, 6.07) is 4.45. The first-order valence-corrected chi connectivity index (χ1v) is 6.30. The Hall–Kier alpha value is -1.69. The summed E-state index contributed by atoms with van der Waals surface area (Å²) >= 11 is 1.35. The Bertz CT molecular complexity index is 594. The van der Waals surface area contributed by atoms with Crippen molar-refractivity contribution in [2.75, 3.05) is 11.9 Å². The molecule has 96 valence electrons. The van der Waals surface area contributed by atoms with E-state index < -0.39 is 5.41 Å². The zero-order valence-electron chi connectivity index (χ0n) is 10.2. The van der Waals surface area contributed by atoms with E-state index in [1.54, 1.807) is 19.9 Å². The van der Waals surface area contributed by atoms with E-state index in [1.807, 2.05) is 0 Å². The van der Waals surface area contributed by atoms with Crippen LogP contribution in [0, 0.1) is 11.2 Å². The fourth-order valence-corrected chi connectivity index (χ4v) is 2.24. The molecule has 0 aliphatic heterocycles. The molecule has 0 radical (unpaired) electrons. The fourth-order valence-electron chi connectivity index (χ4n) is 1.36. The van der Waals surface area contributed by atoms with Crippen molar-refractivity contribution in [3.05, 3.63) is 24.0 Å². The molecule has 2 rings (SSSR count). The van der Waals surface area contributed by atoms with Crippen LogP contribution in [0.15, 0.2) is 18.2 Å². The Kier molecular flexibility index (Phi) is 3.21. The van der Waals surface area contributed by atoms with Gasteiger partial charge in [-0.25, -0.2) is 9.37 Å². The van der Waals surface area contributed by atoms with Crippen LogP contribution in [0.2, 0.25) is 0 Å². The number of hydrogen-bond acceptors (Lipinski definition) is 4. The molecular weight excluding hydrogens is 253 g/mol. The molecule has 1 amide bonds. The van der Waals surface area contributed by atoms with Gasteiger partial charge in [0.15, 0.2) is 5.13 Å². The largest absolute Gasteiger partial charge is 0.369 e. The number of nitrogens with two attached hydrogens (primary N) is 1. The summed E-state index contributed by atoms with van der Waals surface area (Å²) in [5, 5.41) is 3.72. The van der Waals surface area contributed by atoms with E-state index in [2.05, 4.69) is 10.3 Å². The van der Waals surface area contributed by atoms with E-state index in [4.69, 9.17) is 5.73 Å². The summed E-state index contributed by atoms with van der Waals surface area (Å²) in [4.78, 5) is 15.5. The van der Waals surface area contributed by atoms with Crippen LogP contribution in [0.25, 0.3) is 10.2 Å². The van der Waals surface area contributed by atoms with E-state index in [-0.39, 0.29) is 11.7 Å². The first kappa shape index (κ1) is 12.8. The molecule has 1 heterocycles. The van der Waals surface area contributed by atoms with Gasteiger partial charge in [-0.2, -0.15) is 0 Å². The van der Waals surface area contributed by atoms with E-state index >= 15 is 0 Å². The Balaban J connectivity index is 2.15. The van der Waals surface area contributed by atoms with Gasteiger partial charge >= 0.3 is 0 Å². The zero-order valence-corrected chi connectivity index (χ0v) is 11.0. The number of nitrogens with zero attached hydrogens (tertiary/aromatic N) is 1. The number of carbonyl (C=O) groups excluding carboxylic acids is 1. The maximum atomic E-state index is 13.0. The molecule has 0 unspecified atom stereocenters. The number of aromatic nitrogens is 1. The number of thiazole rings is 1. The van der Waals surface area contributed by atoms with Crippen LogP contribution >= 0.6 is 11.3 Å². The van der Waals surface area contributed by atoms with Crippen molar-refractivity contribution in [3.8, 4) is 0 Å². The second-order valence-corrected chi connectivity index (χ2v) is 5.76. The molecule has 0 saturated carbocycles. The van der Waals surface area contributed by atoms with Crippen molar-refractivity contribution in [1.82, 2.24) is 4.98 Å². The van der Waals surface area contributed by atoms with Crippen LogP contribution < -0.4 is 11.1 Å². The van der Waals surface area contributed by atoms with Gasteiger partial charge in [-0.3, -0.25) is 4.79 Å². The lowest BCUT2D eigenvalue weighted by atomic mass is 9.93. The summed E-state index contributed by atoms with van der Waals surface area (Å²) < 4.78 is 13.8. The average Bonchev–Trinajstić information content (AvgIpc) is 2.68. The topological polar surface area (TPSA) is 68.0 Å². The summed E-state index contributed by atoms with van der Waals surface area (Å²) in [6.07, 6.45) is 0. The summed E-state index contributed by atoms with van der Waals surface area (Å²) in [6.45, 7) is 3.91. The van der Waals surface area contributed by atoms with Crippen molar-refractivity contribution in [1.29, 1.82) is 0 Å². The average molecular weight is 267 g/mol. The summed E-state index contributed by atoms with van der Waals surface area (Å²) in [7, 11) is 0. The van der Waals surface area contributed by atoms with Crippen molar-refractivity contribution in [2.45, 2.75) is 13.8 Å². The molecule has 0 bridgehead atoms. The molecule has 18 heavy (non-hydrogen) atoms. The van der Waals surface area contributed by atoms with Crippen molar-refractivity contribution in [2.24, 2.45) is 11.1 Å². The minimum Gasteiger partial charge on any atom is -0.369 e. The van der Waals surface area contributed by atoms with Crippen LogP contribution in [-0.4, -0.2) is 17.4 Å². The van der Waals surface area contributed by atoms with Gasteiger partial charge < -0.3 is 11.1 Å². The normalized spacial score (nSPS) is 11.7. The van der Waals surface area contributed by atoms with Crippen LogP contribution in [0.4, 0.5) is 9.52 Å². The minimum absolute atomic E-state index is 0.282. The molecule has 4 nitrogen and oxygen atoms in total. The SMILES string of the molecule is CC(C)(CNc1nc2ccc(F)cc2s1)C(N)=O. The first-order chi connectivity index (χ1) is 8.38. The molecule has 2 aromatic rings. The predicted octanol–water partition coefficient (Wildman–Crippen LogP) is 2.36. The zero-order chi connectivity index (χ0) is 13.3. The highest BCUT2D eigenvalue weighted by atomic mass is 32.1. The molecule has 0 fully saturated rings. The number of halogens is 1. The van der Waals surface area contributed by atoms with Gasteiger partial charge in [-0.05, 0) is 32.0 Å². The van der Waals surface area contributed by atoms with Crippen LogP contribution in [0.3, 0.4) is 0 Å². The third-order valence-electron chi connectivity index (χ3n) is 2.70. The van der Waals surface area contributed by atoms with E-state index in [0.717, 1.165) is 10.2 Å². The Morgan fingerprint density at radius 3 is 2.94 bits per heavy atom. The van der Waals surface area contributed by atoms with Gasteiger partial charge in [0.05, 0.1) is 15.6 Å². The van der Waals surface area contributed by atoms with E-state index in [1.165, 1.54) is 23.5 Å². The van der Waals surface area contributed by atoms with Gasteiger partial charge in [-0.15, -0.1) is 0 Å². The van der Waals surface area contributed by atoms with Gasteiger partial charge in [-0.1, -0.05) is 11.3 Å². The third-order valence-corrected chi connectivity index (χ3v) is 3.67. The first-order valence-electron chi connectivity index (χ1n) is 5.48. The number of nitrogens with one attached hydrogen (secondary N) is 1. The van der Waals surface area contributed by atoms with Crippen molar-refractivity contribution < 1.29 is 9.18 Å². The fraction of sp³-hybridized carbons (Fsp3) is 0.333. The summed E-state index contributed by atoms with van der Waals surface area (Å²) in [5.41, 5.74) is 5.37. The van der Waals surface area contributed by atoms with Gasteiger partial charge in [0.25, 0.3) is 0 Å². The smallest absolute Gasteiger partial charge is 0.224 e. The Morgan fingerprint density at radius 1 is 1.56 bits per heavy atom.